The summed E-state index contributed by atoms with van der Waals surface area (Å²) in [7, 11) is -2.15. The molecule has 0 aromatic heterocycles. The monoisotopic (exact) mass is 1150 g/mol. The summed E-state index contributed by atoms with van der Waals surface area (Å²) in [6, 6.07) is 6.47. The first-order valence-electron chi connectivity index (χ1n) is 27.1. The molecule has 0 aliphatic rings. The first-order chi connectivity index (χ1) is 38.6. The van der Waals surface area contributed by atoms with Crippen molar-refractivity contribution in [1.29, 1.82) is 0 Å². The third-order valence-electron chi connectivity index (χ3n) is 9.65. The van der Waals surface area contributed by atoms with Gasteiger partial charge in [-0.25, -0.2) is 0 Å². The van der Waals surface area contributed by atoms with Crippen LogP contribution >= 0.6 is 0 Å². The minimum absolute atomic E-state index is 0.0679. The van der Waals surface area contributed by atoms with Gasteiger partial charge in [-0.15, -0.1) is 0 Å². The highest BCUT2D eigenvalue weighted by Gasteiger charge is 2.14. The molecule has 1 rings (SSSR count). The Balaban J connectivity index is 1.61. The molecule has 0 aliphatic heterocycles. The van der Waals surface area contributed by atoms with E-state index in [9.17, 15) is 8.42 Å². The van der Waals surface area contributed by atoms with Gasteiger partial charge in [-0.1, -0.05) is 17.7 Å². The summed E-state index contributed by atoms with van der Waals surface area (Å²) in [6.07, 6.45) is 0. The third kappa shape index (κ3) is 57.5. The van der Waals surface area contributed by atoms with Crippen molar-refractivity contribution >= 4 is 10.1 Å². The second kappa shape index (κ2) is 62.8. The fourth-order valence-electron chi connectivity index (χ4n) is 5.62. The fourth-order valence-corrected chi connectivity index (χ4v) is 6.51. The molecule has 1 aromatic rings. The SMILES string of the molecule is COCCOCCOCCOCCOCCOCCOCCOCCOCCOCCOCCOCCOCCOCCOCCOCCOCCOCCOCCOCCOCCOCCOS(=O)(=O)c1ccc(C)cc1. The molecule has 0 bridgehead atoms. The molecule has 462 valence electrons. The number of methoxy groups -OCH3 is 1. The van der Waals surface area contributed by atoms with E-state index < -0.39 is 10.1 Å². The molecule has 0 N–H and O–H groups in total. The van der Waals surface area contributed by atoms with Crippen LogP contribution in [0, 0.1) is 6.92 Å². The van der Waals surface area contributed by atoms with E-state index in [0.717, 1.165) is 5.56 Å². The van der Waals surface area contributed by atoms with Gasteiger partial charge in [0, 0.05) is 7.11 Å². The van der Waals surface area contributed by atoms with Crippen molar-refractivity contribution in [3.05, 3.63) is 29.8 Å². The lowest BCUT2D eigenvalue weighted by Gasteiger charge is -2.09. The number of benzene rings is 1. The van der Waals surface area contributed by atoms with Crippen LogP contribution < -0.4 is 0 Å². The van der Waals surface area contributed by atoms with Crippen LogP contribution in [-0.2, 0) is 119 Å². The Morgan fingerprint density at radius 1 is 0.231 bits per heavy atom. The Kier molecular flexibility index (Phi) is 59.8. The zero-order valence-corrected chi connectivity index (χ0v) is 47.9. The summed E-state index contributed by atoms with van der Waals surface area (Å²) in [5.74, 6) is 0. The van der Waals surface area contributed by atoms with Gasteiger partial charge >= 0.3 is 0 Å². The Hall–Kier alpha value is -1.75. The number of rotatable bonds is 68. The molecule has 0 heterocycles. The molecule has 1 aromatic carbocycles. The van der Waals surface area contributed by atoms with Crippen molar-refractivity contribution < 1.29 is 117 Å². The molecule has 78 heavy (non-hydrogen) atoms. The molecule has 0 radical (unpaired) electrons. The summed E-state index contributed by atoms with van der Waals surface area (Å²) in [6.45, 7) is 22.1. The van der Waals surface area contributed by atoms with E-state index in [1.54, 1.807) is 19.2 Å². The molecule has 0 aliphatic carbocycles. The highest BCUT2D eigenvalue weighted by atomic mass is 32.2. The minimum Gasteiger partial charge on any atom is -0.382 e. The smallest absolute Gasteiger partial charge is 0.297 e. The average Bonchev–Trinajstić information content (AvgIpc) is 3.44. The maximum absolute atomic E-state index is 12.1. The normalized spacial score (nSPS) is 11.9. The summed E-state index contributed by atoms with van der Waals surface area (Å²) in [5, 5.41) is 0. The molecular formula is C52H98O25S. The van der Waals surface area contributed by atoms with Crippen LogP contribution in [0.15, 0.2) is 29.2 Å². The van der Waals surface area contributed by atoms with Crippen LogP contribution in [0.25, 0.3) is 0 Å². The molecule has 0 saturated carbocycles. The molecule has 0 saturated heterocycles. The van der Waals surface area contributed by atoms with E-state index in [0.29, 0.717) is 277 Å². The van der Waals surface area contributed by atoms with Gasteiger partial charge in [0.05, 0.1) is 296 Å². The summed E-state index contributed by atoms with van der Waals surface area (Å²) < 4.78 is 149. The zero-order chi connectivity index (χ0) is 55.9. The van der Waals surface area contributed by atoms with E-state index in [1.165, 1.54) is 12.1 Å². The molecular weight excluding hydrogens is 1060 g/mol. The van der Waals surface area contributed by atoms with E-state index in [2.05, 4.69) is 0 Å². The lowest BCUT2D eigenvalue weighted by atomic mass is 10.2. The van der Waals surface area contributed by atoms with Crippen LogP contribution in [0.3, 0.4) is 0 Å². The molecule has 0 amide bonds. The molecule has 0 spiro atoms. The summed E-state index contributed by atoms with van der Waals surface area (Å²) in [4.78, 5) is 0.122. The highest BCUT2D eigenvalue weighted by Crippen LogP contribution is 2.13. The lowest BCUT2D eigenvalue weighted by molar-refractivity contribution is -0.0317. The van der Waals surface area contributed by atoms with E-state index in [1.807, 2.05) is 6.92 Å². The van der Waals surface area contributed by atoms with Crippen molar-refractivity contribution in [2.45, 2.75) is 11.8 Å². The van der Waals surface area contributed by atoms with Crippen LogP contribution in [-0.4, -0.2) is 306 Å². The van der Waals surface area contributed by atoms with Gasteiger partial charge in [-0.3, -0.25) is 4.18 Å². The summed E-state index contributed by atoms with van der Waals surface area (Å²) >= 11 is 0. The average molecular weight is 1160 g/mol. The lowest BCUT2D eigenvalue weighted by Crippen LogP contribution is -2.16. The van der Waals surface area contributed by atoms with Crippen LogP contribution in [0.2, 0.25) is 0 Å². The van der Waals surface area contributed by atoms with Crippen molar-refractivity contribution in [1.82, 2.24) is 0 Å². The topological polar surface area (TPSA) is 246 Å². The van der Waals surface area contributed by atoms with Gasteiger partial charge in [-0.2, -0.15) is 8.42 Å². The van der Waals surface area contributed by atoms with Gasteiger partial charge < -0.3 is 104 Å². The molecule has 25 nitrogen and oxygen atoms in total. The zero-order valence-electron chi connectivity index (χ0n) is 47.0. The number of aryl methyl sites for hydroxylation is 1. The Labute approximate surface area is 465 Å². The quantitative estimate of drug-likeness (QED) is 0.0665. The summed E-state index contributed by atoms with van der Waals surface area (Å²) in [5.41, 5.74) is 0.970. The molecule has 0 unspecified atom stereocenters. The maximum atomic E-state index is 12.1. The Morgan fingerprint density at radius 3 is 0.526 bits per heavy atom. The minimum atomic E-state index is -3.79. The van der Waals surface area contributed by atoms with Gasteiger partial charge in [-0.05, 0) is 19.1 Å². The van der Waals surface area contributed by atoms with Crippen LogP contribution in [0.1, 0.15) is 5.56 Å². The number of hydrogen-bond donors (Lipinski definition) is 0. The van der Waals surface area contributed by atoms with Gasteiger partial charge in [0.15, 0.2) is 0 Å². The fraction of sp³-hybridized carbons (Fsp3) is 0.885. The number of hydrogen-bond acceptors (Lipinski definition) is 25. The van der Waals surface area contributed by atoms with Gasteiger partial charge in [0.2, 0.25) is 0 Å². The van der Waals surface area contributed by atoms with Crippen molar-refractivity contribution in [2.24, 2.45) is 0 Å². The predicted octanol–water partition coefficient (Wildman–Crippen LogP) is 1.70. The number of ether oxygens (including phenoxy) is 22. The largest absolute Gasteiger partial charge is 0.382 e. The van der Waals surface area contributed by atoms with Crippen molar-refractivity contribution in [3.8, 4) is 0 Å². The predicted molar refractivity (Wildman–Crippen MR) is 283 cm³/mol. The Bertz CT molecular complexity index is 1410. The van der Waals surface area contributed by atoms with Crippen molar-refractivity contribution in [2.75, 3.05) is 298 Å². The van der Waals surface area contributed by atoms with E-state index in [4.69, 9.17) is 108 Å². The van der Waals surface area contributed by atoms with Gasteiger partial charge in [0.1, 0.15) is 0 Å². The van der Waals surface area contributed by atoms with E-state index in [-0.39, 0.29) is 18.1 Å². The van der Waals surface area contributed by atoms with Crippen LogP contribution in [0.5, 0.6) is 0 Å². The van der Waals surface area contributed by atoms with Crippen molar-refractivity contribution in [3.63, 3.8) is 0 Å². The second-order valence-corrected chi connectivity index (χ2v) is 17.6. The standard InChI is InChI=1S/C52H98O25S/c1-51-3-5-52(6-4-51)78(53,54)77-50-49-76-48-47-75-46-45-74-44-43-73-42-41-72-40-39-71-38-37-70-36-35-69-34-33-68-32-31-67-30-29-66-28-27-65-26-25-64-24-23-63-22-21-62-20-19-61-18-17-60-16-15-59-14-13-58-12-11-57-10-9-56-8-7-55-2/h3-6H,7-50H2,1-2H3. The maximum Gasteiger partial charge on any atom is 0.297 e. The first kappa shape index (κ1) is 74.3. The first-order valence-corrected chi connectivity index (χ1v) is 28.5. The molecule has 0 atom stereocenters. The van der Waals surface area contributed by atoms with Gasteiger partial charge in [0.25, 0.3) is 10.1 Å². The molecule has 0 fully saturated rings. The second-order valence-electron chi connectivity index (χ2n) is 15.9. The highest BCUT2D eigenvalue weighted by molar-refractivity contribution is 7.86. The van der Waals surface area contributed by atoms with Crippen LogP contribution in [0.4, 0.5) is 0 Å². The molecule has 26 heteroatoms. The third-order valence-corrected chi connectivity index (χ3v) is 11.0. The Morgan fingerprint density at radius 2 is 0.372 bits per heavy atom. The van der Waals surface area contributed by atoms with E-state index >= 15 is 0 Å².